The number of rotatable bonds is 13. The quantitative estimate of drug-likeness (QED) is 0.0651. The topological polar surface area (TPSA) is 141 Å². The zero-order valence-corrected chi connectivity index (χ0v) is 26.8. The molecule has 0 radical (unpaired) electrons. The van der Waals surface area contributed by atoms with Crippen LogP contribution in [0.15, 0.2) is 47.5 Å². The van der Waals surface area contributed by atoms with E-state index in [2.05, 4.69) is 75.3 Å². The second kappa shape index (κ2) is 14.1. The van der Waals surface area contributed by atoms with Crippen molar-refractivity contribution in [2.45, 2.75) is 105 Å². The van der Waals surface area contributed by atoms with Crippen LogP contribution >= 0.6 is 0 Å². The largest absolute Gasteiger partial charge is 0.481 e. The lowest BCUT2D eigenvalue weighted by Crippen LogP contribution is -2.65. The molecule has 11 heteroatoms. The van der Waals surface area contributed by atoms with Gasteiger partial charge in [-0.1, -0.05) is 83.0 Å². The van der Waals surface area contributed by atoms with Crippen molar-refractivity contribution in [2.24, 2.45) is 39.8 Å². The highest BCUT2D eigenvalue weighted by Crippen LogP contribution is 2.65. The Balaban J connectivity index is 0.00000461. The third-order valence-corrected chi connectivity index (χ3v) is 10.6. The molecule has 3 aliphatic carbocycles. The first-order valence-corrected chi connectivity index (χ1v) is 16.2. The average Bonchev–Trinajstić information content (AvgIpc) is 3.33. The van der Waals surface area contributed by atoms with Crippen LogP contribution in [0.1, 0.15) is 86.1 Å². The SMILES string of the molecule is C.CC(C)C[C@H](NC(=O)[C@H](CCCN=C(N)N[N+](=O)[O-])CCc1cccc2ccccc12)B1O[C@@H]2C[C@@H]3C[C@@H](C3(C)C)[C@]2(C)O1. The minimum atomic E-state index is -0.734. The van der Waals surface area contributed by atoms with Gasteiger partial charge in [0.2, 0.25) is 5.91 Å². The average molecular weight is 622 g/mol. The molecule has 2 aromatic carbocycles. The Labute approximate surface area is 268 Å². The fourth-order valence-corrected chi connectivity index (χ4v) is 8.03. The number of nitrogens with zero attached hydrogens (tertiary/aromatic N) is 2. The molecule has 0 spiro atoms. The molecule has 1 aliphatic heterocycles. The second-order valence-electron chi connectivity index (χ2n) is 14.2. The maximum Gasteiger partial charge on any atom is 0.481 e. The predicted octanol–water partition coefficient (Wildman–Crippen LogP) is 5.70. The summed E-state index contributed by atoms with van der Waals surface area (Å²) in [7, 11) is -0.484. The zero-order chi connectivity index (χ0) is 31.6. The molecule has 4 N–H and O–H groups in total. The number of aryl methyl sites for hydroxylation is 1. The van der Waals surface area contributed by atoms with Crippen LogP contribution in [0.25, 0.3) is 10.8 Å². The van der Waals surface area contributed by atoms with Gasteiger partial charge in [0.25, 0.3) is 5.96 Å². The maximum absolute atomic E-state index is 14.0. The molecular weight excluding hydrogens is 569 g/mol. The molecule has 4 aliphatic rings. The van der Waals surface area contributed by atoms with Gasteiger partial charge in [-0.05, 0) is 91.4 Å². The number of carbonyl (C=O) groups is 1. The zero-order valence-electron chi connectivity index (χ0n) is 26.8. The van der Waals surface area contributed by atoms with E-state index in [1.54, 1.807) is 0 Å². The number of nitrogens with two attached hydrogens (primary N) is 1. The summed E-state index contributed by atoms with van der Waals surface area (Å²) in [6, 6.07) is 14.6. The molecule has 2 bridgehead atoms. The highest BCUT2D eigenvalue weighted by molar-refractivity contribution is 6.47. The molecule has 4 fully saturated rings. The number of hydrazine groups is 1. The van der Waals surface area contributed by atoms with Gasteiger partial charge in [-0.25, -0.2) is 15.1 Å². The molecule has 45 heavy (non-hydrogen) atoms. The Kier molecular flexibility index (Phi) is 10.9. The van der Waals surface area contributed by atoms with Crippen molar-refractivity contribution >= 4 is 29.8 Å². The van der Waals surface area contributed by atoms with E-state index < -0.39 is 12.2 Å². The molecule has 1 heterocycles. The van der Waals surface area contributed by atoms with Gasteiger partial charge in [0.05, 0.1) is 17.6 Å². The van der Waals surface area contributed by atoms with Crippen LogP contribution in [0.5, 0.6) is 0 Å². The lowest BCUT2D eigenvalue weighted by molar-refractivity contribution is -0.525. The molecule has 0 aromatic heterocycles. The summed E-state index contributed by atoms with van der Waals surface area (Å²) in [6.07, 6.45) is 5.53. The van der Waals surface area contributed by atoms with Crippen LogP contribution in [0.3, 0.4) is 0 Å². The first-order valence-electron chi connectivity index (χ1n) is 16.2. The Morgan fingerprint density at radius 1 is 1.16 bits per heavy atom. The summed E-state index contributed by atoms with van der Waals surface area (Å²) in [6.45, 7) is 11.5. The number of nitrogens with one attached hydrogen (secondary N) is 2. The molecular formula is C34H52BN5O5. The summed E-state index contributed by atoms with van der Waals surface area (Å²) in [5.74, 6) is 0.641. The van der Waals surface area contributed by atoms with Crippen molar-refractivity contribution in [2.75, 3.05) is 6.54 Å². The summed E-state index contributed by atoms with van der Waals surface area (Å²) in [5.41, 5.74) is 8.58. The van der Waals surface area contributed by atoms with Crippen molar-refractivity contribution < 1.29 is 19.1 Å². The van der Waals surface area contributed by atoms with Gasteiger partial charge in [-0.2, -0.15) is 0 Å². The number of fused-ring (bicyclic) bond motifs is 1. The van der Waals surface area contributed by atoms with Crippen molar-refractivity contribution in [3.63, 3.8) is 0 Å². The molecule has 2 aromatic rings. The van der Waals surface area contributed by atoms with Gasteiger partial charge < -0.3 is 20.4 Å². The monoisotopic (exact) mass is 621 g/mol. The van der Waals surface area contributed by atoms with Crippen LogP contribution in [-0.4, -0.2) is 48.2 Å². The van der Waals surface area contributed by atoms with Crippen molar-refractivity contribution in [1.29, 1.82) is 0 Å². The highest BCUT2D eigenvalue weighted by Gasteiger charge is 2.68. The van der Waals surface area contributed by atoms with E-state index in [0.717, 1.165) is 19.3 Å². The van der Waals surface area contributed by atoms with E-state index in [-0.39, 0.29) is 54.8 Å². The van der Waals surface area contributed by atoms with E-state index in [4.69, 9.17) is 15.0 Å². The fraction of sp³-hybridized carbons (Fsp3) is 0.647. The number of aliphatic imine (C=N–C) groups is 1. The van der Waals surface area contributed by atoms with Gasteiger partial charge in [-0.15, -0.1) is 0 Å². The van der Waals surface area contributed by atoms with Crippen LogP contribution in [0.2, 0.25) is 0 Å². The van der Waals surface area contributed by atoms with Gasteiger partial charge in [0.15, 0.2) is 5.03 Å². The fourth-order valence-electron chi connectivity index (χ4n) is 8.03. The molecule has 3 saturated carbocycles. The highest BCUT2D eigenvalue weighted by atomic mass is 16.7. The smallest absolute Gasteiger partial charge is 0.404 e. The number of hydrogen-bond donors (Lipinski definition) is 3. The van der Waals surface area contributed by atoms with Crippen LogP contribution in [0.4, 0.5) is 0 Å². The minimum absolute atomic E-state index is 0. The lowest BCUT2D eigenvalue weighted by Gasteiger charge is -2.64. The Morgan fingerprint density at radius 2 is 1.89 bits per heavy atom. The summed E-state index contributed by atoms with van der Waals surface area (Å²) < 4.78 is 13.4. The summed E-state index contributed by atoms with van der Waals surface area (Å²) in [5, 5.41) is 15.7. The summed E-state index contributed by atoms with van der Waals surface area (Å²) >= 11 is 0. The van der Waals surface area contributed by atoms with Crippen LogP contribution in [-0.2, 0) is 20.5 Å². The van der Waals surface area contributed by atoms with Crippen LogP contribution < -0.4 is 16.5 Å². The van der Waals surface area contributed by atoms with Gasteiger partial charge in [0.1, 0.15) is 0 Å². The number of amides is 1. The van der Waals surface area contributed by atoms with Crippen molar-refractivity contribution in [3.05, 3.63) is 58.1 Å². The van der Waals surface area contributed by atoms with Crippen molar-refractivity contribution in [3.8, 4) is 0 Å². The lowest BCUT2D eigenvalue weighted by atomic mass is 9.43. The van der Waals surface area contributed by atoms with E-state index >= 15 is 0 Å². The summed E-state index contributed by atoms with van der Waals surface area (Å²) in [4.78, 5) is 28.8. The molecule has 1 amide bonds. The first-order chi connectivity index (χ1) is 20.9. The van der Waals surface area contributed by atoms with Crippen molar-refractivity contribution in [1.82, 2.24) is 10.7 Å². The van der Waals surface area contributed by atoms with Gasteiger partial charge in [0, 0.05) is 12.5 Å². The second-order valence-corrected chi connectivity index (χ2v) is 14.2. The number of carbonyl (C=O) groups excluding carboxylic acids is 1. The van der Waals surface area contributed by atoms with E-state index in [9.17, 15) is 14.9 Å². The molecule has 6 rings (SSSR count). The van der Waals surface area contributed by atoms with Gasteiger partial charge in [-0.3, -0.25) is 4.79 Å². The normalized spacial score (nSPS) is 26.4. The predicted molar refractivity (Wildman–Crippen MR) is 180 cm³/mol. The molecule has 246 valence electrons. The van der Waals surface area contributed by atoms with Gasteiger partial charge >= 0.3 is 7.12 Å². The number of benzene rings is 2. The Hall–Kier alpha value is -3.18. The van der Waals surface area contributed by atoms with E-state index in [1.807, 2.05) is 17.6 Å². The van der Waals surface area contributed by atoms with E-state index in [1.165, 1.54) is 22.8 Å². The Bertz CT molecular complexity index is 1380. The molecule has 0 unspecified atom stereocenters. The third-order valence-electron chi connectivity index (χ3n) is 10.6. The third kappa shape index (κ3) is 7.46. The number of nitro groups is 1. The maximum atomic E-state index is 14.0. The van der Waals surface area contributed by atoms with Crippen LogP contribution in [0, 0.1) is 39.2 Å². The number of guanidine groups is 1. The molecule has 10 nitrogen and oxygen atoms in total. The standard InChI is InChI=1S/C33H48BN5O5.CH4/c1-21(2)18-29(34-43-28-20-25-19-27(32(25,3)4)33(28,5)44-34)37-30(40)24(13-9-17-36-31(35)38-39(41)42)16-15-23-12-8-11-22-10-6-7-14-26(22)23;/h6-8,10-12,14,21,24-25,27-29H,9,13,15-20H2,1-5H3,(H,37,40)(H3,35,36,38);1H4/t24-,25+,27+,28-,29+,33+;/m1./s1. The number of hydrogen-bond acceptors (Lipinski definition) is 6. The first kappa shape index (κ1) is 34.7. The van der Waals surface area contributed by atoms with E-state index in [0.29, 0.717) is 37.0 Å². The minimum Gasteiger partial charge on any atom is -0.404 e. The Morgan fingerprint density at radius 3 is 2.60 bits per heavy atom. The molecule has 6 atom stereocenters. The molecule has 1 saturated heterocycles.